The molecule has 0 saturated heterocycles. The van der Waals surface area contributed by atoms with Crippen molar-refractivity contribution in [2.75, 3.05) is 6.61 Å². The minimum absolute atomic E-state index is 0.0204. The van der Waals surface area contributed by atoms with Crippen LogP contribution < -0.4 is 9.47 Å². The van der Waals surface area contributed by atoms with Crippen molar-refractivity contribution >= 4 is 5.97 Å². The molecule has 0 aliphatic rings. The van der Waals surface area contributed by atoms with Gasteiger partial charge in [-0.3, -0.25) is 4.79 Å². The summed E-state index contributed by atoms with van der Waals surface area (Å²) in [6, 6.07) is 2.88. The maximum atomic E-state index is 12.3. The molecule has 0 amide bonds. The van der Waals surface area contributed by atoms with Gasteiger partial charge in [-0.25, -0.2) is 0 Å². The second-order valence-electron chi connectivity index (χ2n) is 4.00. The quantitative estimate of drug-likeness (QED) is 0.566. The van der Waals surface area contributed by atoms with E-state index in [9.17, 15) is 26.7 Å². The van der Waals surface area contributed by atoms with E-state index in [0.29, 0.717) is 6.07 Å². The molecule has 1 aromatic rings. The minimum Gasteiger partial charge on any atom is -0.466 e. The monoisotopic (exact) mass is 328 g/mol. The number of esters is 1. The summed E-state index contributed by atoms with van der Waals surface area (Å²) in [5.41, 5.74) is 0.0204. The highest BCUT2D eigenvalue weighted by Crippen LogP contribution is 2.31. The zero-order valence-corrected chi connectivity index (χ0v) is 11.5. The van der Waals surface area contributed by atoms with Crippen LogP contribution >= 0.6 is 0 Å². The highest BCUT2D eigenvalue weighted by Gasteiger charge is 2.32. The predicted octanol–water partition coefficient (Wildman–Crippen LogP) is 3.68. The molecule has 22 heavy (non-hydrogen) atoms. The molecule has 0 bridgehead atoms. The van der Waals surface area contributed by atoms with Gasteiger partial charge in [-0.05, 0) is 25.0 Å². The van der Waals surface area contributed by atoms with E-state index in [1.807, 2.05) is 0 Å². The Balaban J connectivity index is 2.91. The number of hydrogen-bond donors (Lipinski definition) is 0. The molecule has 0 aliphatic heterocycles. The highest BCUT2D eigenvalue weighted by molar-refractivity contribution is 5.69. The van der Waals surface area contributed by atoms with Gasteiger partial charge in [0.05, 0.1) is 6.61 Å². The van der Waals surface area contributed by atoms with E-state index in [2.05, 4.69) is 14.2 Å². The number of carbonyl (C=O) groups is 1. The van der Waals surface area contributed by atoms with Crippen molar-refractivity contribution in [3.05, 3.63) is 23.8 Å². The van der Waals surface area contributed by atoms with Gasteiger partial charge in [0.25, 0.3) is 0 Å². The Bertz CT molecular complexity index is 502. The molecule has 9 heteroatoms. The van der Waals surface area contributed by atoms with Gasteiger partial charge >= 0.3 is 18.9 Å². The number of carbonyl (C=O) groups excluding carboxylic acids is 1. The van der Waals surface area contributed by atoms with Gasteiger partial charge in [0.15, 0.2) is 0 Å². The Morgan fingerprint density at radius 1 is 1.27 bits per heavy atom. The molecular formula is C13H13F5O4. The van der Waals surface area contributed by atoms with E-state index < -0.39 is 30.4 Å². The second kappa shape index (κ2) is 7.81. The Kier molecular flexibility index (Phi) is 6.39. The zero-order valence-electron chi connectivity index (χ0n) is 11.5. The lowest BCUT2D eigenvalue weighted by Crippen LogP contribution is -2.18. The lowest BCUT2D eigenvalue weighted by atomic mass is 10.1. The smallest absolute Gasteiger partial charge is 0.466 e. The summed E-state index contributed by atoms with van der Waals surface area (Å²) in [7, 11) is 0. The third-order valence-corrected chi connectivity index (χ3v) is 2.39. The van der Waals surface area contributed by atoms with Crippen LogP contribution in [0.3, 0.4) is 0 Å². The van der Waals surface area contributed by atoms with E-state index in [1.54, 1.807) is 6.92 Å². The van der Waals surface area contributed by atoms with E-state index in [1.165, 1.54) is 0 Å². The summed E-state index contributed by atoms with van der Waals surface area (Å²) in [4.78, 5) is 11.2. The fraction of sp³-hybridized carbons (Fsp3) is 0.462. The first-order valence-electron chi connectivity index (χ1n) is 6.20. The van der Waals surface area contributed by atoms with Crippen LogP contribution in [-0.2, 0) is 16.0 Å². The van der Waals surface area contributed by atoms with Crippen LogP contribution in [0, 0.1) is 0 Å². The summed E-state index contributed by atoms with van der Waals surface area (Å²) in [6.45, 7) is -1.44. The van der Waals surface area contributed by atoms with Crippen LogP contribution in [-0.4, -0.2) is 25.6 Å². The number of ether oxygens (including phenoxy) is 3. The largest absolute Gasteiger partial charge is 0.573 e. The number of halogens is 5. The fourth-order valence-electron chi connectivity index (χ4n) is 1.61. The molecule has 0 fully saturated rings. The molecular weight excluding hydrogens is 315 g/mol. The maximum absolute atomic E-state index is 12.3. The summed E-state index contributed by atoms with van der Waals surface area (Å²) < 4.78 is 73.6. The Hall–Kier alpha value is -2.06. The molecule has 0 aliphatic carbocycles. The zero-order chi connectivity index (χ0) is 16.8. The standard InChI is InChI=1S/C13H13F5O4/c1-2-20-11(19)6-4-8-3-5-9(21-12(14)15)7-10(8)22-13(16,17)18/h3,5,7,12H,2,4,6H2,1H3. The van der Waals surface area contributed by atoms with Crippen molar-refractivity contribution < 1.29 is 41.0 Å². The molecule has 0 saturated carbocycles. The molecule has 0 spiro atoms. The molecule has 124 valence electrons. The van der Waals surface area contributed by atoms with Crippen LogP contribution in [0.15, 0.2) is 18.2 Å². The van der Waals surface area contributed by atoms with E-state index in [-0.39, 0.29) is 25.0 Å². The maximum Gasteiger partial charge on any atom is 0.573 e. The first-order valence-corrected chi connectivity index (χ1v) is 6.20. The Morgan fingerprint density at radius 2 is 1.95 bits per heavy atom. The predicted molar refractivity (Wildman–Crippen MR) is 64.7 cm³/mol. The van der Waals surface area contributed by atoms with Gasteiger partial charge in [0.2, 0.25) is 0 Å². The molecule has 0 aromatic heterocycles. The third-order valence-electron chi connectivity index (χ3n) is 2.39. The van der Waals surface area contributed by atoms with Gasteiger partial charge in [0.1, 0.15) is 11.5 Å². The van der Waals surface area contributed by atoms with E-state index in [0.717, 1.165) is 12.1 Å². The first-order chi connectivity index (χ1) is 10.2. The lowest BCUT2D eigenvalue weighted by molar-refractivity contribution is -0.274. The van der Waals surface area contributed by atoms with Crippen molar-refractivity contribution in [3.8, 4) is 11.5 Å². The average Bonchev–Trinajstić information content (AvgIpc) is 2.35. The van der Waals surface area contributed by atoms with E-state index >= 15 is 0 Å². The molecule has 4 nitrogen and oxygen atoms in total. The molecule has 0 heterocycles. The van der Waals surface area contributed by atoms with Crippen LogP contribution in [0.5, 0.6) is 11.5 Å². The summed E-state index contributed by atoms with van der Waals surface area (Å²) >= 11 is 0. The van der Waals surface area contributed by atoms with Crippen molar-refractivity contribution in [3.63, 3.8) is 0 Å². The first kappa shape index (κ1) is 18.0. The van der Waals surface area contributed by atoms with Crippen LogP contribution in [0.2, 0.25) is 0 Å². The van der Waals surface area contributed by atoms with Crippen LogP contribution in [0.25, 0.3) is 0 Å². The molecule has 0 atom stereocenters. The molecule has 0 N–H and O–H groups in total. The number of hydrogen-bond acceptors (Lipinski definition) is 4. The topological polar surface area (TPSA) is 44.8 Å². The van der Waals surface area contributed by atoms with Crippen molar-refractivity contribution in [2.45, 2.75) is 32.7 Å². The fourth-order valence-corrected chi connectivity index (χ4v) is 1.61. The van der Waals surface area contributed by atoms with Crippen molar-refractivity contribution in [2.24, 2.45) is 0 Å². The van der Waals surface area contributed by atoms with Crippen molar-refractivity contribution in [1.82, 2.24) is 0 Å². The van der Waals surface area contributed by atoms with Gasteiger partial charge in [-0.2, -0.15) is 8.78 Å². The van der Waals surface area contributed by atoms with Crippen molar-refractivity contribution in [1.29, 1.82) is 0 Å². The normalized spacial score (nSPS) is 11.4. The Labute approximate surface area is 122 Å². The molecule has 1 aromatic carbocycles. The summed E-state index contributed by atoms with van der Waals surface area (Å²) in [5, 5.41) is 0. The number of benzene rings is 1. The summed E-state index contributed by atoms with van der Waals surface area (Å²) in [6.07, 6.45) is -5.27. The van der Waals surface area contributed by atoms with Gasteiger partial charge in [-0.1, -0.05) is 6.07 Å². The average molecular weight is 328 g/mol. The molecule has 0 radical (unpaired) electrons. The van der Waals surface area contributed by atoms with Gasteiger partial charge in [0, 0.05) is 12.5 Å². The Morgan fingerprint density at radius 3 is 2.50 bits per heavy atom. The van der Waals surface area contributed by atoms with Crippen LogP contribution in [0.1, 0.15) is 18.9 Å². The second-order valence-corrected chi connectivity index (χ2v) is 4.00. The SMILES string of the molecule is CCOC(=O)CCc1ccc(OC(F)F)cc1OC(F)(F)F. The van der Waals surface area contributed by atoms with Gasteiger partial charge in [-0.15, -0.1) is 13.2 Å². The number of aryl methyl sites for hydroxylation is 1. The summed E-state index contributed by atoms with van der Waals surface area (Å²) in [5.74, 6) is -1.77. The third kappa shape index (κ3) is 6.59. The molecule has 0 unspecified atom stereocenters. The highest BCUT2D eigenvalue weighted by atomic mass is 19.4. The minimum atomic E-state index is -5.00. The van der Waals surface area contributed by atoms with E-state index in [4.69, 9.17) is 0 Å². The lowest BCUT2D eigenvalue weighted by Gasteiger charge is -2.15. The van der Waals surface area contributed by atoms with Crippen LogP contribution in [0.4, 0.5) is 22.0 Å². The molecule has 1 rings (SSSR count). The number of alkyl halides is 5. The van der Waals surface area contributed by atoms with Gasteiger partial charge < -0.3 is 14.2 Å². The number of rotatable bonds is 7.